The van der Waals surface area contributed by atoms with Gasteiger partial charge in [-0.25, -0.2) is 4.68 Å². The second-order valence-corrected chi connectivity index (χ2v) is 6.41. The second kappa shape index (κ2) is 6.46. The van der Waals surface area contributed by atoms with Crippen LogP contribution in [0.3, 0.4) is 0 Å². The van der Waals surface area contributed by atoms with E-state index >= 15 is 0 Å². The molecule has 128 valence electrons. The Labute approximate surface area is 140 Å². The quantitative estimate of drug-likeness (QED) is 0.892. The highest BCUT2D eigenvalue weighted by molar-refractivity contribution is 5.76. The molecule has 1 aliphatic rings. The van der Waals surface area contributed by atoms with Gasteiger partial charge in [-0.3, -0.25) is 4.79 Å². The van der Waals surface area contributed by atoms with E-state index in [4.69, 9.17) is 9.47 Å². The third-order valence-electron chi connectivity index (χ3n) is 3.97. The first-order valence-electron chi connectivity index (χ1n) is 7.84. The molecule has 0 saturated heterocycles. The van der Waals surface area contributed by atoms with Crippen LogP contribution in [0.1, 0.15) is 38.3 Å². The largest absolute Gasteiger partial charge is 0.497 e. The fourth-order valence-electron chi connectivity index (χ4n) is 2.85. The highest BCUT2D eigenvalue weighted by Gasteiger charge is 2.34. The number of fused-ring (bicyclic) bond motifs is 1. The molecular formula is C16H21N5O3. The standard InChI is InChI=1S/C16H21N5O3/c1-16(2)9-13(12-8-11(23-3)4-5-14(12)24-16)18-15(22)6-7-21-10-17-19-20-21/h4-5,8,10,13H,6-7,9H2,1-3H3,(H,18,22). The first-order chi connectivity index (χ1) is 11.5. The van der Waals surface area contributed by atoms with Crippen LogP contribution in [0, 0.1) is 0 Å². The SMILES string of the molecule is COc1ccc2c(c1)C(NC(=O)CCn1cnnn1)CC(C)(C)O2. The maximum atomic E-state index is 12.3. The van der Waals surface area contributed by atoms with Crippen molar-refractivity contribution in [3.63, 3.8) is 0 Å². The molecular weight excluding hydrogens is 310 g/mol. The summed E-state index contributed by atoms with van der Waals surface area (Å²) in [5.41, 5.74) is 0.583. The summed E-state index contributed by atoms with van der Waals surface area (Å²) in [4.78, 5) is 12.3. The van der Waals surface area contributed by atoms with Crippen molar-refractivity contribution in [2.75, 3.05) is 7.11 Å². The Kier molecular flexibility index (Phi) is 4.37. The third-order valence-corrected chi connectivity index (χ3v) is 3.97. The van der Waals surface area contributed by atoms with E-state index in [0.29, 0.717) is 19.4 Å². The lowest BCUT2D eigenvalue weighted by Crippen LogP contribution is -2.41. The van der Waals surface area contributed by atoms with Crippen LogP contribution in [-0.4, -0.2) is 38.8 Å². The molecule has 1 aromatic heterocycles. The number of tetrazole rings is 1. The number of aromatic nitrogens is 4. The number of hydrogen-bond acceptors (Lipinski definition) is 6. The van der Waals surface area contributed by atoms with Gasteiger partial charge in [0.05, 0.1) is 19.7 Å². The average Bonchev–Trinajstić information content (AvgIpc) is 3.05. The lowest BCUT2D eigenvalue weighted by molar-refractivity contribution is -0.122. The molecule has 24 heavy (non-hydrogen) atoms. The summed E-state index contributed by atoms with van der Waals surface area (Å²) in [5, 5.41) is 14.0. The van der Waals surface area contributed by atoms with E-state index < -0.39 is 0 Å². The van der Waals surface area contributed by atoms with Gasteiger partial charge in [-0.15, -0.1) is 5.10 Å². The Bertz CT molecular complexity index is 715. The Morgan fingerprint density at radius 3 is 3.04 bits per heavy atom. The molecule has 1 unspecified atom stereocenters. The first kappa shape index (κ1) is 16.2. The van der Waals surface area contributed by atoms with E-state index in [9.17, 15) is 4.79 Å². The molecule has 0 radical (unpaired) electrons. The van der Waals surface area contributed by atoms with Gasteiger partial charge in [0.2, 0.25) is 5.91 Å². The molecule has 1 amide bonds. The van der Waals surface area contributed by atoms with Gasteiger partial charge in [0.25, 0.3) is 0 Å². The fourth-order valence-corrected chi connectivity index (χ4v) is 2.85. The minimum atomic E-state index is -0.352. The van der Waals surface area contributed by atoms with Crippen LogP contribution in [0.2, 0.25) is 0 Å². The highest BCUT2D eigenvalue weighted by Crippen LogP contribution is 2.41. The van der Waals surface area contributed by atoms with Crippen molar-refractivity contribution in [1.82, 2.24) is 25.5 Å². The van der Waals surface area contributed by atoms with Crippen molar-refractivity contribution < 1.29 is 14.3 Å². The number of methoxy groups -OCH3 is 1. The van der Waals surface area contributed by atoms with Crippen molar-refractivity contribution in [2.45, 2.75) is 44.9 Å². The molecule has 1 aliphatic heterocycles. The molecule has 1 aromatic carbocycles. The smallest absolute Gasteiger partial charge is 0.222 e. The van der Waals surface area contributed by atoms with Crippen molar-refractivity contribution >= 4 is 5.91 Å². The topological polar surface area (TPSA) is 91.2 Å². The van der Waals surface area contributed by atoms with Gasteiger partial charge in [0, 0.05) is 18.4 Å². The molecule has 3 rings (SSSR count). The summed E-state index contributed by atoms with van der Waals surface area (Å²) >= 11 is 0. The first-order valence-corrected chi connectivity index (χ1v) is 7.84. The van der Waals surface area contributed by atoms with Crippen LogP contribution in [0.25, 0.3) is 0 Å². The number of nitrogens with one attached hydrogen (secondary N) is 1. The van der Waals surface area contributed by atoms with Gasteiger partial charge in [0.1, 0.15) is 23.4 Å². The summed E-state index contributed by atoms with van der Waals surface area (Å²) in [6, 6.07) is 5.53. The third kappa shape index (κ3) is 3.64. The van der Waals surface area contributed by atoms with Crippen LogP contribution in [0.5, 0.6) is 11.5 Å². The zero-order valence-electron chi connectivity index (χ0n) is 14.0. The number of rotatable bonds is 5. The van der Waals surface area contributed by atoms with E-state index in [1.54, 1.807) is 7.11 Å². The van der Waals surface area contributed by atoms with Gasteiger partial charge in [0.15, 0.2) is 0 Å². The number of ether oxygens (including phenoxy) is 2. The lowest BCUT2D eigenvalue weighted by atomic mass is 9.89. The predicted molar refractivity (Wildman–Crippen MR) is 85.6 cm³/mol. The fraction of sp³-hybridized carbons (Fsp3) is 0.500. The van der Waals surface area contributed by atoms with E-state index in [0.717, 1.165) is 17.1 Å². The van der Waals surface area contributed by atoms with Gasteiger partial charge in [-0.05, 0) is 42.5 Å². The average molecular weight is 331 g/mol. The van der Waals surface area contributed by atoms with E-state index in [2.05, 4.69) is 20.8 Å². The molecule has 1 N–H and O–H groups in total. The Morgan fingerprint density at radius 1 is 1.50 bits per heavy atom. The zero-order valence-corrected chi connectivity index (χ0v) is 14.0. The van der Waals surface area contributed by atoms with Crippen LogP contribution < -0.4 is 14.8 Å². The number of amides is 1. The normalized spacial score (nSPS) is 18.4. The summed E-state index contributed by atoms with van der Waals surface area (Å²) < 4.78 is 12.8. The van der Waals surface area contributed by atoms with Gasteiger partial charge < -0.3 is 14.8 Å². The van der Waals surface area contributed by atoms with Gasteiger partial charge in [-0.1, -0.05) is 0 Å². The minimum absolute atomic E-state index is 0.0537. The molecule has 0 saturated carbocycles. The molecule has 0 bridgehead atoms. The van der Waals surface area contributed by atoms with Crippen LogP contribution >= 0.6 is 0 Å². The summed E-state index contributed by atoms with van der Waals surface area (Å²) in [6.45, 7) is 4.47. The molecule has 0 aliphatic carbocycles. The Balaban J connectivity index is 1.73. The highest BCUT2D eigenvalue weighted by atomic mass is 16.5. The van der Waals surface area contributed by atoms with Crippen LogP contribution in [0.4, 0.5) is 0 Å². The summed E-state index contributed by atoms with van der Waals surface area (Å²) in [6.07, 6.45) is 2.48. The van der Waals surface area contributed by atoms with Crippen LogP contribution in [0.15, 0.2) is 24.5 Å². The molecule has 8 nitrogen and oxygen atoms in total. The number of carbonyl (C=O) groups is 1. The van der Waals surface area contributed by atoms with Crippen LogP contribution in [-0.2, 0) is 11.3 Å². The van der Waals surface area contributed by atoms with E-state index in [-0.39, 0.29) is 17.6 Å². The molecule has 1 atom stereocenters. The van der Waals surface area contributed by atoms with Gasteiger partial charge >= 0.3 is 0 Å². The lowest BCUT2D eigenvalue weighted by Gasteiger charge is -2.38. The Hall–Kier alpha value is -2.64. The van der Waals surface area contributed by atoms with Crippen molar-refractivity contribution in [3.05, 3.63) is 30.1 Å². The zero-order chi connectivity index (χ0) is 17.2. The maximum absolute atomic E-state index is 12.3. The second-order valence-electron chi connectivity index (χ2n) is 6.41. The maximum Gasteiger partial charge on any atom is 0.222 e. The van der Waals surface area contributed by atoms with E-state index in [1.165, 1.54) is 11.0 Å². The number of carbonyl (C=O) groups excluding carboxylic acids is 1. The minimum Gasteiger partial charge on any atom is -0.497 e. The molecule has 0 spiro atoms. The summed E-state index contributed by atoms with van der Waals surface area (Å²) in [5.74, 6) is 1.46. The molecule has 8 heteroatoms. The Morgan fingerprint density at radius 2 is 2.33 bits per heavy atom. The van der Waals surface area contributed by atoms with E-state index in [1.807, 2.05) is 32.0 Å². The summed E-state index contributed by atoms with van der Waals surface area (Å²) in [7, 11) is 1.62. The molecule has 2 aromatic rings. The van der Waals surface area contributed by atoms with Gasteiger partial charge in [-0.2, -0.15) is 0 Å². The molecule has 2 heterocycles. The monoisotopic (exact) mass is 331 g/mol. The number of hydrogen-bond donors (Lipinski definition) is 1. The van der Waals surface area contributed by atoms with Crippen molar-refractivity contribution in [1.29, 1.82) is 0 Å². The molecule has 0 fully saturated rings. The van der Waals surface area contributed by atoms with Crippen molar-refractivity contribution in [2.24, 2.45) is 0 Å². The van der Waals surface area contributed by atoms with Crippen molar-refractivity contribution in [3.8, 4) is 11.5 Å². The number of benzene rings is 1. The predicted octanol–water partition coefficient (Wildman–Crippen LogP) is 1.49. The number of aryl methyl sites for hydroxylation is 1. The number of nitrogens with zero attached hydrogens (tertiary/aromatic N) is 4.